The maximum absolute atomic E-state index is 12.6. The van der Waals surface area contributed by atoms with E-state index >= 15 is 0 Å². The van der Waals surface area contributed by atoms with Crippen LogP contribution in [0.25, 0.3) is 0 Å². The third kappa shape index (κ3) is 2.39. The van der Waals surface area contributed by atoms with Crippen LogP contribution in [-0.2, 0) is 6.42 Å². The zero-order valence-corrected chi connectivity index (χ0v) is 14.5. The number of aryl methyl sites for hydroxylation is 1. The number of rotatable bonds is 3. The first-order valence-electron chi connectivity index (χ1n) is 9.60. The van der Waals surface area contributed by atoms with Gasteiger partial charge in [-0.25, -0.2) is 0 Å². The van der Waals surface area contributed by atoms with Crippen LogP contribution in [0.5, 0.6) is 5.75 Å². The molecule has 1 aromatic carbocycles. The van der Waals surface area contributed by atoms with Gasteiger partial charge < -0.3 is 10.2 Å². The summed E-state index contributed by atoms with van der Waals surface area (Å²) in [7, 11) is 0. The molecule has 0 bridgehead atoms. The Morgan fingerprint density at radius 3 is 2.92 bits per heavy atom. The predicted molar refractivity (Wildman–Crippen MR) is 92.8 cm³/mol. The minimum Gasteiger partial charge on any atom is -0.508 e. The molecule has 2 saturated carbocycles. The first-order valence-corrected chi connectivity index (χ1v) is 9.60. The molecule has 132 valence electrons. The van der Waals surface area contributed by atoms with Gasteiger partial charge in [-0.05, 0) is 97.3 Å². The largest absolute Gasteiger partial charge is 0.508 e. The van der Waals surface area contributed by atoms with Gasteiger partial charge in [0, 0.05) is 0 Å². The highest BCUT2D eigenvalue weighted by Crippen LogP contribution is 2.62. The summed E-state index contributed by atoms with van der Waals surface area (Å²) in [6, 6.07) is 5.88. The number of fused-ring (bicyclic) bond motifs is 5. The molecule has 0 aromatic heterocycles. The molecule has 3 aliphatic carbocycles. The van der Waals surface area contributed by atoms with Gasteiger partial charge in [0.1, 0.15) is 5.75 Å². The second kappa shape index (κ2) is 6.01. The quantitative estimate of drug-likeness (QED) is 0.850. The molecule has 0 heterocycles. The van der Waals surface area contributed by atoms with Gasteiger partial charge in [-0.3, -0.25) is 4.39 Å². The first-order chi connectivity index (χ1) is 11.5. The Bertz CT molecular complexity index is 616. The lowest BCUT2D eigenvalue weighted by atomic mass is 9.55. The van der Waals surface area contributed by atoms with Gasteiger partial charge in [-0.15, -0.1) is 0 Å². The number of phenols is 1. The fraction of sp³-hybridized carbons (Fsp3) is 0.714. The van der Waals surface area contributed by atoms with Crippen LogP contribution < -0.4 is 0 Å². The van der Waals surface area contributed by atoms with Crippen molar-refractivity contribution in [3.05, 3.63) is 29.3 Å². The second-order valence-electron chi connectivity index (χ2n) is 8.61. The molecule has 0 aliphatic heterocycles. The van der Waals surface area contributed by atoms with Crippen LogP contribution >= 0.6 is 0 Å². The number of phenolic OH excluding ortho intramolecular Hbond substituents is 1. The fourth-order valence-corrected chi connectivity index (χ4v) is 6.34. The summed E-state index contributed by atoms with van der Waals surface area (Å²) >= 11 is 0. The van der Waals surface area contributed by atoms with Crippen molar-refractivity contribution in [2.75, 3.05) is 6.67 Å². The van der Waals surface area contributed by atoms with E-state index in [9.17, 15) is 14.6 Å². The Hall–Kier alpha value is -1.09. The Morgan fingerprint density at radius 1 is 1.29 bits per heavy atom. The molecule has 3 heteroatoms. The van der Waals surface area contributed by atoms with E-state index in [0.717, 1.165) is 38.5 Å². The van der Waals surface area contributed by atoms with Crippen molar-refractivity contribution < 1.29 is 14.6 Å². The molecule has 0 radical (unpaired) electrons. The van der Waals surface area contributed by atoms with Gasteiger partial charge in [0.05, 0.1) is 12.8 Å². The fourth-order valence-electron chi connectivity index (χ4n) is 6.34. The van der Waals surface area contributed by atoms with E-state index in [-0.39, 0.29) is 24.1 Å². The summed E-state index contributed by atoms with van der Waals surface area (Å²) < 4.78 is 12.6. The summed E-state index contributed by atoms with van der Waals surface area (Å²) in [5, 5.41) is 20.7. The predicted octanol–water partition coefficient (Wildman–Crippen LogP) is 4.59. The van der Waals surface area contributed by atoms with Crippen LogP contribution in [0.15, 0.2) is 18.2 Å². The summed E-state index contributed by atoms with van der Waals surface area (Å²) in [6.07, 6.45) is 6.58. The van der Waals surface area contributed by atoms with Crippen LogP contribution in [0.4, 0.5) is 4.39 Å². The smallest absolute Gasteiger partial charge is 0.115 e. The van der Waals surface area contributed by atoms with Gasteiger partial charge in [0.2, 0.25) is 0 Å². The number of aliphatic hydroxyl groups excluding tert-OH is 1. The number of aromatic hydroxyl groups is 1. The monoisotopic (exact) mass is 332 g/mol. The van der Waals surface area contributed by atoms with Crippen LogP contribution in [0, 0.1) is 23.2 Å². The highest BCUT2D eigenvalue weighted by Gasteiger charge is 2.57. The van der Waals surface area contributed by atoms with Crippen LogP contribution in [0.2, 0.25) is 0 Å². The molecule has 2 fully saturated rings. The Kier molecular flexibility index (Phi) is 4.11. The second-order valence-corrected chi connectivity index (χ2v) is 8.61. The molecule has 0 saturated heterocycles. The van der Waals surface area contributed by atoms with E-state index in [0.29, 0.717) is 29.9 Å². The number of aliphatic hydroxyl groups is 1. The number of hydrogen-bond donors (Lipinski definition) is 2. The Morgan fingerprint density at radius 2 is 2.12 bits per heavy atom. The minimum atomic E-state index is -0.270. The maximum Gasteiger partial charge on any atom is 0.115 e. The SMILES string of the molecule is C[C@]12CC[C@@H]3c4ccc(O)cc4CC[C@H]3[C@@H]1C[C@@H](CCCF)[C@@H]2O. The minimum absolute atomic E-state index is 0.0105. The van der Waals surface area contributed by atoms with Crippen molar-refractivity contribution in [2.24, 2.45) is 23.2 Å². The lowest BCUT2D eigenvalue weighted by Crippen LogP contribution is -2.44. The van der Waals surface area contributed by atoms with Crippen molar-refractivity contribution >= 4 is 0 Å². The molecule has 2 N–H and O–H groups in total. The van der Waals surface area contributed by atoms with E-state index in [1.807, 2.05) is 12.1 Å². The molecular weight excluding hydrogens is 303 g/mol. The van der Waals surface area contributed by atoms with E-state index in [4.69, 9.17) is 0 Å². The van der Waals surface area contributed by atoms with Gasteiger partial charge >= 0.3 is 0 Å². The third-order valence-corrected chi connectivity index (χ3v) is 7.54. The first kappa shape index (κ1) is 16.4. The van der Waals surface area contributed by atoms with Crippen LogP contribution in [0.3, 0.4) is 0 Å². The average molecular weight is 332 g/mol. The Balaban J connectivity index is 1.61. The van der Waals surface area contributed by atoms with Gasteiger partial charge in [-0.2, -0.15) is 0 Å². The summed E-state index contributed by atoms with van der Waals surface area (Å²) in [5.41, 5.74) is 2.75. The topological polar surface area (TPSA) is 40.5 Å². The summed E-state index contributed by atoms with van der Waals surface area (Å²) in [6.45, 7) is 2.01. The standard InChI is InChI=1S/C21H29FO2/c1-21-9-8-17-16-7-5-15(23)11-13(16)4-6-18(17)19(21)12-14(20(21)24)3-2-10-22/h5,7,11,14,17-20,23-24H,2-4,6,8-10,12H2,1H3/t14-,17-,18-,19+,20+,21+/m1/s1. The van der Waals surface area contributed by atoms with Crippen molar-refractivity contribution in [1.82, 2.24) is 0 Å². The van der Waals surface area contributed by atoms with E-state index in [2.05, 4.69) is 13.0 Å². The number of halogens is 1. The molecule has 0 unspecified atom stereocenters. The normalized spacial score (nSPS) is 40.7. The van der Waals surface area contributed by atoms with Crippen molar-refractivity contribution in [2.45, 2.75) is 63.9 Å². The van der Waals surface area contributed by atoms with Crippen molar-refractivity contribution in [3.63, 3.8) is 0 Å². The third-order valence-electron chi connectivity index (χ3n) is 7.54. The summed E-state index contributed by atoms with van der Waals surface area (Å²) in [4.78, 5) is 0. The zero-order chi connectivity index (χ0) is 16.9. The van der Waals surface area contributed by atoms with E-state index < -0.39 is 0 Å². The Labute approximate surface area is 144 Å². The molecule has 6 atom stereocenters. The molecule has 0 amide bonds. The summed E-state index contributed by atoms with van der Waals surface area (Å²) in [5.74, 6) is 2.40. The molecule has 1 aromatic rings. The molecule has 24 heavy (non-hydrogen) atoms. The average Bonchev–Trinajstić information content (AvgIpc) is 2.84. The number of hydrogen-bond acceptors (Lipinski definition) is 2. The highest BCUT2D eigenvalue weighted by atomic mass is 19.1. The van der Waals surface area contributed by atoms with E-state index in [1.54, 1.807) is 0 Å². The molecular formula is C21H29FO2. The molecule has 0 spiro atoms. The maximum atomic E-state index is 12.6. The van der Waals surface area contributed by atoms with Gasteiger partial charge in [-0.1, -0.05) is 13.0 Å². The van der Waals surface area contributed by atoms with Crippen molar-refractivity contribution in [1.29, 1.82) is 0 Å². The van der Waals surface area contributed by atoms with Crippen molar-refractivity contribution in [3.8, 4) is 5.75 Å². The van der Waals surface area contributed by atoms with Gasteiger partial charge in [0.25, 0.3) is 0 Å². The van der Waals surface area contributed by atoms with Gasteiger partial charge in [0.15, 0.2) is 0 Å². The number of benzene rings is 1. The molecule has 4 rings (SSSR count). The highest BCUT2D eigenvalue weighted by molar-refractivity contribution is 5.40. The zero-order valence-electron chi connectivity index (χ0n) is 14.5. The van der Waals surface area contributed by atoms with Crippen LogP contribution in [0.1, 0.15) is 62.5 Å². The number of alkyl halides is 1. The van der Waals surface area contributed by atoms with Crippen LogP contribution in [-0.4, -0.2) is 23.0 Å². The lowest BCUT2D eigenvalue weighted by Gasteiger charge is -2.50. The molecule has 3 aliphatic rings. The molecule has 2 nitrogen and oxygen atoms in total. The van der Waals surface area contributed by atoms with E-state index in [1.165, 1.54) is 11.1 Å². The lowest BCUT2D eigenvalue weighted by molar-refractivity contribution is -0.0336.